The highest BCUT2D eigenvalue weighted by Gasteiger charge is 2.23. The van der Waals surface area contributed by atoms with Crippen molar-refractivity contribution in [2.75, 3.05) is 7.05 Å². The normalized spacial score (nSPS) is 12.0. The predicted molar refractivity (Wildman–Crippen MR) is 73.9 cm³/mol. The minimum absolute atomic E-state index is 0.0746. The van der Waals surface area contributed by atoms with Crippen LogP contribution in [0.2, 0.25) is 5.15 Å². The molecule has 2 aromatic rings. The Hall–Kier alpha value is -2.08. The summed E-state index contributed by atoms with van der Waals surface area (Å²) in [6.45, 7) is 1.60. The van der Waals surface area contributed by atoms with Crippen molar-refractivity contribution in [2.45, 2.75) is 13.0 Å². The van der Waals surface area contributed by atoms with E-state index in [1.807, 2.05) is 0 Å². The van der Waals surface area contributed by atoms with E-state index in [1.54, 1.807) is 6.92 Å². The van der Waals surface area contributed by atoms with Crippen LogP contribution < -0.4 is 0 Å². The Labute approximate surface area is 125 Å². The second kappa shape index (κ2) is 6.13. The number of aromatic nitrogens is 2. The SMILES string of the molecule is CC(c1cc(F)ccc1F)N(C)C(=O)c1ccc(Cl)nn1. The van der Waals surface area contributed by atoms with Gasteiger partial charge in [0.1, 0.15) is 11.6 Å². The van der Waals surface area contributed by atoms with Gasteiger partial charge in [0.05, 0.1) is 6.04 Å². The molecule has 1 heterocycles. The molecule has 0 N–H and O–H groups in total. The van der Waals surface area contributed by atoms with Crippen molar-refractivity contribution in [1.82, 2.24) is 15.1 Å². The van der Waals surface area contributed by atoms with E-state index < -0.39 is 23.6 Å². The first-order chi connectivity index (χ1) is 9.90. The van der Waals surface area contributed by atoms with Gasteiger partial charge in [0, 0.05) is 12.6 Å². The van der Waals surface area contributed by atoms with Gasteiger partial charge < -0.3 is 4.90 Å². The number of carbonyl (C=O) groups is 1. The quantitative estimate of drug-likeness (QED) is 0.874. The third-order valence-electron chi connectivity index (χ3n) is 3.16. The van der Waals surface area contributed by atoms with Gasteiger partial charge in [0.2, 0.25) is 0 Å². The number of nitrogens with zero attached hydrogens (tertiary/aromatic N) is 3. The number of hydrogen-bond donors (Lipinski definition) is 0. The van der Waals surface area contributed by atoms with Crippen LogP contribution in [0.25, 0.3) is 0 Å². The second-order valence-corrected chi connectivity index (χ2v) is 4.89. The maximum Gasteiger partial charge on any atom is 0.274 e. The van der Waals surface area contributed by atoms with Gasteiger partial charge >= 0.3 is 0 Å². The molecule has 0 radical (unpaired) electrons. The van der Waals surface area contributed by atoms with Gasteiger partial charge in [-0.25, -0.2) is 8.78 Å². The summed E-state index contributed by atoms with van der Waals surface area (Å²) in [5, 5.41) is 7.42. The summed E-state index contributed by atoms with van der Waals surface area (Å²) in [7, 11) is 1.48. The lowest BCUT2D eigenvalue weighted by atomic mass is 10.1. The van der Waals surface area contributed by atoms with Crippen LogP contribution in [0.4, 0.5) is 8.78 Å². The fourth-order valence-electron chi connectivity index (χ4n) is 1.83. The minimum atomic E-state index is -0.661. The molecule has 21 heavy (non-hydrogen) atoms. The second-order valence-electron chi connectivity index (χ2n) is 4.50. The van der Waals surface area contributed by atoms with E-state index in [0.29, 0.717) is 0 Å². The minimum Gasteiger partial charge on any atom is -0.333 e. The van der Waals surface area contributed by atoms with E-state index in [1.165, 1.54) is 24.1 Å². The highest BCUT2D eigenvalue weighted by atomic mass is 35.5. The number of rotatable bonds is 3. The molecule has 1 unspecified atom stereocenters. The summed E-state index contributed by atoms with van der Waals surface area (Å²) in [4.78, 5) is 13.5. The molecule has 1 atom stereocenters. The van der Waals surface area contributed by atoms with Crippen molar-refractivity contribution in [3.8, 4) is 0 Å². The number of halogens is 3. The van der Waals surface area contributed by atoms with Crippen LogP contribution in [-0.2, 0) is 0 Å². The topological polar surface area (TPSA) is 46.1 Å². The molecule has 4 nitrogen and oxygen atoms in total. The molecule has 0 aliphatic carbocycles. The van der Waals surface area contributed by atoms with Crippen LogP contribution in [0.15, 0.2) is 30.3 Å². The Balaban J connectivity index is 2.26. The first-order valence-electron chi connectivity index (χ1n) is 6.11. The van der Waals surface area contributed by atoms with Crippen molar-refractivity contribution in [3.63, 3.8) is 0 Å². The molecule has 110 valence electrons. The van der Waals surface area contributed by atoms with Gasteiger partial charge in [-0.05, 0) is 37.3 Å². The van der Waals surface area contributed by atoms with Gasteiger partial charge in [-0.2, -0.15) is 0 Å². The molecule has 0 aliphatic heterocycles. The first kappa shape index (κ1) is 15.3. The molecule has 7 heteroatoms. The smallest absolute Gasteiger partial charge is 0.274 e. The van der Waals surface area contributed by atoms with Gasteiger partial charge in [-0.15, -0.1) is 10.2 Å². The zero-order valence-corrected chi connectivity index (χ0v) is 12.1. The lowest BCUT2D eigenvalue weighted by Crippen LogP contribution is -2.31. The number of carbonyl (C=O) groups excluding carboxylic acids is 1. The third kappa shape index (κ3) is 3.33. The molecule has 0 bridgehead atoms. The van der Waals surface area contributed by atoms with Crippen molar-refractivity contribution in [1.29, 1.82) is 0 Å². The molecular formula is C14H12ClF2N3O. The van der Waals surface area contributed by atoms with Crippen LogP contribution in [0.5, 0.6) is 0 Å². The summed E-state index contributed by atoms with van der Waals surface area (Å²) >= 11 is 5.60. The van der Waals surface area contributed by atoms with Gasteiger partial charge in [-0.1, -0.05) is 11.6 Å². The van der Waals surface area contributed by atoms with E-state index in [2.05, 4.69) is 10.2 Å². The van der Waals surface area contributed by atoms with Gasteiger partial charge in [0.15, 0.2) is 10.8 Å². The van der Waals surface area contributed by atoms with Crippen LogP contribution >= 0.6 is 11.6 Å². The molecular weight excluding hydrogens is 300 g/mol. The number of amides is 1. The van der Waals surface area contributed by atoms with Crippen molar-refractivity contribution in [3.05, 3.63) is 58.4 Å². The fraction of sp³-hybridized carbons (Fsp3) is 0.214. The zero-order valence-electron chi connectivity index (χ0n) is 11.3. The summed E-state index contributed by atoms with van der Waals surface area (Å²) in [6, 6.07) is 5.31. The van der Waals surface area contributed by atoms with Crippen molar-refractivity contribution >= 4 is 17.5 Å². The summed E-state index contributed by atoms with van der Waals surface area (Å²) in [5.74, 6) is -1.61. The Bertz CT molecular complexity index is 664. The maximum atomic E-state index is 13.7. The third-order valence-corrected chi connectivity index (χ3v) is 3.36. The van der Waals surface area contributed by atoms with Crippen LogP contribution in [0.1, 0.15) is 29.0 Å². The van der Waals surface area contributed by atoms with Gasteiger partial charge in [-0.3, -0.25) is 4.79 Å². The number of hydrogen-bond acceptors (Lipinski definition) is 3. The Morgan fingerprint density at radius 3 is 2.57 bits per heavy atom. The summed E-state index contributed by atoms with van der Waals surface area (Å²) < 4.78 is 27.0. The predicted octanol–water partition coefficient (Wildman–Crippen LogP) is 3.24. The van der Waals surface area contributed by atoms with E-state index in [0.717, 1.165) is 18.2 Å². The monoisotopic (exact) mass is 311 g/mol. The average molecular weight is 312 g/mol. The molecule has 2 rings (SSSR count). The lowest BCUT2D eigenvalue weighted by molar-refractivity contribution is 0.0733. The van der Waals surface area contributed by atoms with Crippen LogP contribution in [0, 0.1) is 11.6 Å². The van der Waals surface area contributed by atoms with Crippen LogP contribution in [-0.4, -0.2) is 28.1 Å². The molecule has 1 aromatic heterocycles. The van der Waals surface area contributed by atoms with E-state index in [-0.39, 0.29) is 16.4 Å². The molecule has 1 aromatic carbocycles. The van der Waals surface area contributed by atoms with E-state index >= 15 is 0 Å². The summed E-state index contributed by atoms with van der Waals surface area (Å²) in [5.41, 5.74) is 0.165. The Kier molecular flexibility index (Phi) is 4.47. The Morgan fingerprint density at radius 2 is 1.95 bits per heavy atom. The highest BCUT2D eigenvalue weighted by Crippen LogP contribution is 2.23. The lowest BCUT2D eigenvalue weighted by Gasteiger charge is -2.25. The largest absolute Gasteiger partial charge is 0.333 e. The molecule has 0 saturated heterocycles. The fourth-order valence-corrected chi connectivity index (χ4v) is 1.93. The van der Waals surface area contributed by atoms with Crippen molar-refractivity contribution in [2.24, 2.45) is 0 Å². The molecule has 0 fully saturated rings. The molecule has 0 aliphatic rings. The first-order valence-corrected chi connectivity index (χ1v) is 6.49. The maximum absolute atomic E-state index is 13.7. The number of benzene rings is 1. The van der Waals surface area contributed by atoms with E-state index in [4.69, 9.17) is 11.6 Å². The van der Waals surface area contributed by atoms with Crippen molar-refractivity contribution < 1.29 is 13.6 Å². The molecule has 0 saturated carbocycles. The van der Waals surface area contributed by atoms with E-state index in [9.17, 15) is 13.6 Å². The summed E-state index contributed by atoms with van der Waals surface area (Å²) in [6.07, 6.45) is 0. The molecule has 0 spiro atoms. The average Bonchev–Trinajstić information content (AvgIpc) is 2.48. The van der Waals surface area contributed by atoms with Crippen LogP contribution in [0.3, 0.4) is 0 Å². The van der Waals surface area contributed by atoms with Gasteiger partial charge in [0.25, 0.3) is 5.91 Å². The molecule has 1 amide bonds. The highest BCUT2D eigenvalue weighted by molar-refractivity contribution is 6.29. The zero-order chi connectivity index (χ0) is 15.6. The Morgan fingerprint density at radius 1 is 1.24 bits per heavy atom. The standard InChI is InChI=1S/C14H12ClF2N3O/c1-8(10-7-9(16)3-4-11(10)17)20(2)14(21)12-5-6-13(15)19-18-12/h3-8H,1-2H3.